The van der Waals surface area contributed by atoms with Crippen molar-refractivity contribution < 1.29 is 0 Å². The van der Waals surface area contributed by atoms with E-state index in [1.165, 1.54) is 16.9 Å². The molecule has 1 rings (SSSR count). The first-order valence-electron chi connectivity index (χ1n) is 5.34. The molecule has 0 bridgehead atoms. The van der Waals surface area contributed by atoms with Crippen LogP contribution < -0.4 is 11.1 Å². The highest BCUT2D eigenvalue weighted by molar-refractivity contribution is 7.10. The van der Waals surface area contributed by atoms with Crippen molar-refractivity contribution in [2.24, 2.45) is 5.73 Å². The molecule has 0 aromatic carbocycles. The average Bonchev–Trinajstić information content (AvgIpc) is 2.65. The Labute approximate surface area is 90.5 Å². The minimum absolute atomic E-state index is 0.806. The predicted molar refractivity (Wildman–Crippen MR) is 63.7 cm³/mol. The van der Waals surface area contributed by atoms with Gasteiger partial charge in [0.25, 0.3) is 0 Å². The highest BCUT2D eigenvalue weighted by Crippen LogP contribution is 2.16. The molecular weight excluding hydrogens is 192 g/mol. The lowest BCUT2D eigenvalue weighted by atomic mass is 10.2. The van der Waals surface area contributed by atoms with E-state index in [9.17, 15) is 0 Å². The van der Waals surface area contributed by atoms with Gasteiger partial charge in [0.15, 0.2) is 0 Å². The summed E-state index contributed by atoms with van der Waals surface area (Å²) in [5.74, 6) is 0. The summed E-state index contributed by atoms with van der Waals surface area (Å²) < 4.78 is 0. The van der Waals surface area contributed by atoms with Gasteiger partial charge in [0.2, 0.25) is 0 Å². The van der Waals surface area contributed by atoms with Crippen LogP contribution in [0.4, 0.5) is 0 Å². The van der Waals surface area contributed by atoms with Crippen LogP contribution in [0.3, 0.4) is 0 Å². The van der Waals surface area contributed by atoms with Gasteiger partial charge in [-0.1, -0.05) is 6.92 Å². The second kappa shape index (κ2) is 6.98. The topological polar surface area (TPSA) is 38.0 Å². The fourth-order valence-corrected chi connectivity index (χ4v) is 2.38. The zero-order valence-electron chi connectivity index (χ0n) is 8.88. The molecule has 0 unspecified atom stereocenters. The monoisotopic (exact) mass is 212 g/mol. The lowest BCUT2D eigenvalue weighted by Gasteiger charge is -2.04. The van der Waals surface area contributed by atoms with E-state index in [2.05, 4.69) is 23.7 Å². The molecule has 0 fully saturated rings. The molecule has 3 N–H and O–H groups in total. The van der Waals surface area contributed by atoms with Crippen LogP contribution in [0.25, 0.3) is 0 Å². The van der Waals surface area contributed by atoms with Gasteiger partial charge in [-0.3, -0.25) is 0 Å². The van der Waals surface area contributed by atoms with Crippen LogP contribution in [0, 0.1) is 0 Å². The zero-order valence-corrected chi connectivity index (χ0v) is 9.70. The standard InChI is InChI=1S/C11H20N2S/c1-2-10-5-8-14-11(10)9-13-7-4-3-6-12/h5,8,13H,2-4,6-7,9,12H2,1H3. The molecule has 1 aromatic heterocycles. The van der Waals surface area contributed by atoms with Gasteiger partial charge < -0.3 is 11.1 Å². The van der Waals surface area contributed by atoms with Gasteiger partial charge in [-0.05, 0) is 49.4 Å². The second-order valence-electron chi connectivity index (χ2n) is 3.40. The highest BCUT2D eigenvalue weighted by atomic mass is 32.1. The number of hydrogen-bond donors (Lipinski definition) is 2. The minimum Gasteiger partial charge on any atom is -0.330 e. The maximum absolute atomic E-state index is 5.43. The van der Waals surface area contributed by atoms with E-state index in [-0.39, 0.29) is 0 Å². The molecule has 0 spiro atoms. The summed E-state index contributed by atoms with van der Waals surface area (Å²) in [5.41, 5.74) is 6.91. The molecule has 0 saturated carbocycles. The Morgan fingerprint density at radius 3 is 3.00 bits per heavy atom. The summed E-state index contributed by atoms with van der Waals surface area (Å²) >= 11 is 1.85. The molecule has 1 aromatic rings. The smallest absolute Gasteiger partial charge is 0.0302 e. The van der Waals surface area contributed by atoms with E-state index >= 15 is 0 Å². The number of rotatable bonds is 7. The van der Waals surface area contributed by atoms with Crippen molar-refractivity contribution in [1.82, 2.24) is 5.32 Å². The highest BCUT2D eigenvalue weighted by Gasteiger charge is 2.00. The molecule has 0 aliphatic rings. The summed E-state index contributed by atoms with van der Waals surface area (Å²) in [6.45, 7) is 5.12. The molecule has 80 valence electrons. The van der Waals surface area contributed by atoms with Crippen molar-refractivity contribution in [2.45, 2.75) is 32.7 Å². The Hall–Kier alpha value is -0.380. The summed E-state index contributed by atoms with van der Waals surface area (Å²) in [7, 11) is 0. The van der Waals surface area contributed by atoms with E-state index in [4.69, 9.17) is 5.73 Å². The van der Waals surface area contributed by atoms with E-state index in [0.29, 0.717) is 0 Å². The van der Waals surface area contributed by atoms with Crippen molar-refractivity contribution in [3.05, 3.63) is 21.9 Å². The Morgan fingerprint density at radius 2 is 2.29 bits per heavy atom. The van der Waals surface area contributed by atoms with Gasteiger partial charge in [-0.2, -0.15) is 0 Å². The van der Waals surface area contributed by atoms with Crippen molar-refractivity contribution in [1.29, 1.82) is 0 Å². The fraction of sp³-hybridized carbons (Fsp3) is 0.636. The molecule has 0 saturated heterocycles. The third-order valence-electron chi connectivity index (χ3n) is 2.31. The van der Waals surface area contributed by atoms with Crippen molar-refractivity contribution in [2.75, 3.05) is 13.1 Å². The number of thiophene rings is 1. The van der Waals surface area contributed by atoms with Gasteiger partial charge in [0, 0.05) is 11.4 Å². The predicted octanol–water partition coefficient (Wildman–Crippen LogP) is 2.14. The van der Waals surface area contributed by atoms with Crippen molar-refractivity contribution in [3.63, 3.8) is 0 Å². The molecule has 1 heterocycles. The maximum atomic E-state index is 5.43. The number of unbranched alkanes of at least 4 members (excludes halogenated alkanes) is 1. The largest absolute Gasteiger partial charge is 0.330 e. The van der Waals surface area contributed by atoms with Crippen LogP contribution in [0.2, 0.25) is 0 Å². The van der Waals surface area contributed by atoms with Gasteiger partial charge in [-0.25, -0.2) is 0 Å². The lowest BCUT2D eigenvalue weighted by molar-refractivity contribution is 0.629. The summed E-state index contributed by atoms with van der Waals surface area (Å²) in [6.07, 6.45) is 3.45. The molecule has 3 heteroatoms. The Morgan fingerprint density at radius 1 is 1.43 bits per heavy atom. The number of aryl methyl sites for hydroxylation is 1. The molecule has 0 aliphatic carbocycles. The molecule has 14 heavy (non-hydrogen) atoms. The molecule has 0 amide bonds. The van der Waals surface area contributed by atoms with Crippen LogP contribution in [0.5, 0.6) is 0 Å². The number of nitrogens with two attached hydrogens (primary N) is 1. The third kappa shape index (κ3) is 3.78. The van der Waals surface area contributed by atoms with Crippen molar-refractivity contribution in [3.8, 4) is 0 Å². The first kappa shape index (κ1) is 11.7. The first-order chi connectivity index (χ1) is 6.88. The number of nitrogens with one attached hydrogen (secondary N) is 1. The molecular formula is C11H20N2S. The van der Waals surface area contributed by atoms with Crippen LogP contribution >= 0.6 is 11.3 Å². The van der Waals surface area contributed by atoms with Crippen LogP contribution in [0.15, 0.2) is 11.4 Å². The molecule has 0 aliphatic heterocycles. The molecule has 2 nitrogen and oxygen atoms in total. The quantitative estimate of drug-likeness (QED) is 0.680. The lowest BCUT2D eigenvalue weighted by Crippen LogP contribution is -2.15. The Kier molecular flexibility index (Phi) is 5.83. The molecule has 0 atom stereocenters. The SMILES string of the molecule is CCc1ccsc1CNCCCCN. The first-order valence-corrected chi connectivity index (χ1v) is 6.22. The second-order valence-corrected chi connectivity index (χ2v) is 4.40. The normalized spacial score (nSPS) is 10.7. The summed E-state index contributed by atoms with van der Waals surface area (Å²) in [5, 5.41) is 5.63. The van der Waals surface area contributed by atoms with Crippen LogP contribution in [0.1, 0.15) is 30.2 Å². The molecule has 0 radical (unpaired) electrons. The van der Waals surface area contributed by atoms with Crippen molar-refractivity contribution >= 4 is 11.3 Å². The Bertz CT molecular complexity index is 245. The third-order valence-corrected chi connectivity index (χ3v) is 3.28. The fourth-order valence-electron chi connectivity index (χ4n) is 1.43. The number of hydrogen-bond acceptors (Lipinski definition) is 3. The van der Waals surface area contributed by atoms with Gasteiger partial charge in [0.05, 0.1) is 0 Å². The van der Waals surface area contributed by atoms with E-state index in [1.54, 1.807) is 0 Å². The minimum atomic E-state index is 0.806. The summed E-state index contributed by atoms with van der Waals surface area (Å²) in [4.78, 5) is 1.49. The van der Waals surface area contributed by atoms with E-state index in [0.717, 1.165) is 32.5 Å². The van der Waals surface area contributed by atoms with Gasteiger partial charge in [-0.15, -0.1) is 11.3 Å². The van der Waals surface area contributed by atoms with Crippen LogP contribution in [-0.2, 0) is 13.0 Å². The van der Waals surface area contributed by atoms with Gasteiger partial charge >= 0.3 is 0 Å². The maximum Gasteiger partial charge on any atom is 0.0302 e. The van der Waals surface area contributed by atoms with Gasteiger partial charge in [0.1, 0.15) is 0 Å². The van der Waals surface area contributed by atoms with E-state index in [1.807, 2.05) is 11.3 Å². The van der Waals surface area contributed by atoms with E-state index < -0.39 is 0 Å². The Balaban J connectivity index is 2.17. The average molecular weight is 212 g/mol. The summed E-state index contributed by atoms with van der Waals surface area (Å²) in [6, 6.07) is 2.22. The zero-order chi connectivity index (χ0) is 10.2. The van der Waals surface area contributed by atoms with Crippen LogP contribution in [-0.4, -0.2) is 13.1 Å².